The number of hydrazone groups is 1. The molecule has 1 aromatic carbocycles. The molecule has 6 heteroatoms. The van der Waals surface area contributed by atoms with Crippen LogP contribution in [0, 0.1) is 12.7 Å². The van der Waals surface area contributed by atoms with Gasteiger partial charge in [-0.25, -0.2) is 9.18 Å². The van der Waals surface area contributed by atoms with Gasteiger partial charge in [-0.1, -0.05) is 12.1 Å². The van der Waals surface area contributed by atoms with Gasteiger partial charge in [0.25, 0.3) is 0 Å². The van der Waals surface area contributed by atoms with Gasteiger partial charge < -0.3 is 4.74 Å². The van der Waals surface area contributed by atoms with Crippen LogP contribution in [-0.4, -0.2) is 19.3 Å². The van der Waals surface area contributed by atoms with Gasteiger partial charge in [-0.2, -0.15) is 5.10 Å². The van der Waals surface area contributed by atoms with Gasteiger partial charge >= 0.3 is 5.97 Å². The summed E-state index contributed by atoms with van der Waals surface area (Å²) in [5, 5.41) is 5.90. The van der Waals surface area contributed by atoms with Crippen molar-refractivity contribution in [1.29, 1.82) is 0 Å². The molecule has 0 bridgehead atoms. The topological polar surface area (TPSA) is 50.7 Å². The fourth-order valence-electron chi connectivity index (χ4n) is 1.55. The molecule has 1 N–H and O–H groups in total. The highest BCUT2D eigenvalue weighted by Gasteiger charge is 2.15. The van der Waals surface area contributed by atoms with Crippen molar-refractivity contribution in [3.05, 3.63) is 51.5 Å². The van der Waals surface area contributed by atoms with E-state index in [0.29, 0.717) is 10.6 Å². The van der Waals surface area contributed by atoms with Gasteiger partial charge in [0.1, 0.15) is 10.7 Å². The van der Waals surface area contributed by atoms with Gasteiger partial charge in [-0.15, -0.1) is 11.3 Å². The van der Waals surface area contributed by atoms with Crippen LogP contribution in [-0.2, 0) is 4.74 Å². The predicted octanol–water partition coefficient (Wildman–Crippen LogP) is 3.43. The molecule has 0 amide bonds. The Kier molecular flexibility index (Phi) is 4.47. The fraction of sp³-hybridized carbons (Fsp3) is 0.143. The maximum atomic E-state index is 12.8. The molecular formula is C14H13FN2O2S. The fourth-order valence-corrected chi connectivity index (χ4v) is 2.46. The van der Waals surface area contributed by atoms with Crippen LogP contribution in [0.2, 0.25) is 0 Å². The maximum Gasteiger partial charge on any atom is 0.350 e. The summed E-state index contributed by atoms with van der Waals surface area (Å²) in [7, 11) is 1.34. The summed E-state index contributed by atoms with van der Waals surface area (Å²) in [5.74, 6) is -0.695. The number of benzene rings is 1. The van der Waals surface area contributed by atoms with Gasteiger partial charge in [-0.3, -0.25) is 5.43 Å². The third kappa shape index (κ3) is 3.21. The van der Waals surface area contributed by atoms with Gasteiger partial charge in [0.05, 0.1) is 19.0 Å². The van der Waals surface area contributed by atoms with E-state index in [1.54, 1.807) is 18.3 Å². The highest BCUT2D eigenvalue weighted by atomic mass is 32.1. The van der Waals surface area contributed by atoms with Crippen LogP contribution in [0.5, 0.6) is 0 Å². The zero-order valence-electron chi connectivity index (χ0n) is 11.0. The molecule has 0 fully saturated rings. The molecule has 2 rings (SSSR count). The van der Waals surface area contributed by atoms with Gasteiger partial charge in [-0.05, 0) is 35.6 Å². The lowest BCUT2D eigenvalue weighted by Crippen LogP contribution is -2.02. The van der Waals surface area contributed by atoms with Crippen molar-refractivity contribution >= 4 is 29.2 Å². The molecule has 0 aliphatic rings. The second-order valence-electron chi connectivity index (χ2n) is 4.04. The Hall–Kier alpha value is -2.21. The lowest BCUT2D eigenvalue weighted by molar-refractivity contribution is 0.0607. The number of carbonyl (C=O) groups is 1. The number of halogens is 1. The van der Waals surface area contributed by atoms with Crippen LogP contribution in [0.3, 0.4) is 0 Å². The summed E-state index contributed by atoms with van der Waals surface area (Å²) in [5.41, 5.74) is 5.12. The standard InChI is InChI=1S/C14H13FN2O2S/c1-9-8-20-13(14(18)19-2)12(9)17-16-7-10-3-5-11(15)6-4-10/h3-8,17H,1-2H3/b16-7-. The third-order valence-corrected chi connectivity index (χ3v) is 3.68. The smallest absolute Gasteiger partial charge is 0.350 e. The van der Waals surface area contributed by atoms with E-state index in [1.165, 1.54) is 30.6 Å². The first-order valence-corrected chi connectivity index (χ1v) is 6.71. The predicted molar refractivity (Wildman–Crippen MR) is 78.0 cm³/mol. The zero-order chi connectivity index (χ0) is 14.5. The molecule has 4 nitrogen and oxygen atoms in total. The van der Waals surface area contributed by atoms with Crippen molar-refractivity contribution in [2.75, 3.05) is 12.5 Å². The normalized spacial score (nSPS) is 10.8. The van der Waals surface area contributed by atoms with Gasteiger partial charge in [0.15, 0.2) is 0 Å². The molecule has 0 aliphatic heterocycles. The minimum absolute atomic E-state index is 0.295. The Balaban J connectivity index is 2.12. The first-order chi connectivity index (χ1) is 9.61. The van der Waals surface area contributed by atoms with E-state index in [0.717, 1.165) is 11.1 Å². The number of aryl methyl sites for hydroxylation is 1. The Morgan fingerprint density at radius 3 is 2.75 bits per heavy atom. The monoisotopic (exact) mass is 292 g/mol. The second kappa shape index (κ2) is 6.29. The van der Waals surface area contributed by atoms with Crippen molar-refractivity contribution in [2.45, 2.75) is 6.92 Å². The number of hydrogen-bond acceptors (Lipinski definition) is 5. The third-order valence-electron chi connectivity index (χ3n) is 2.61. The van der Waals surface area contributed by atoms with E-state index in [1.807, 2.05) is 12.3 Å². The van der Waals surface area contributed by atoms with E-state index in [-0.39, 0.29) is 5.82 Å². The van der Waals surface area contributed by atoms with Crippen LogP contribution < -0.4 is 5.43 Å². The number of hydrogen-bond donors (Lipinski definition) is 1. The molecule has 1 aromatic heterocycles. The Morgan fingerprint density at radius 2 is 2.10 bits per heavy atom. The number of carbonyl (C=O) groups excluding carboxylic acids is 1. The molecular weight excluding hydrogens is 279 g/mol. The number of anilines is 1. The van der Waals surface area contributed by atoms with Gasteiger partial charge in [0.2, 0.25) is 0 Å². The van der Waals surface area contributed by atoms with E-state index >= 15 is 0 Å². The Bertz CT molecular complexity index is 635. The Morgan fingerprint density at radius 1 is 1.40 bits per heavy atom. The molecule has 2 aromatic rings. The number of esters is 1. The minimum Gasteiger partial charge on any atom is -0.465 e. The number of nitrogens with zero attached hydrogens (tertiary/aromatic N) is 1. The Labute approximate surface area is 119 Å². The van der Waals surface area contributed by atoms with Crippen molar-refractivity contribution in [3.8, 4) is 0 Å². The first-order valence-electron chi connectivity index (χ1n) is 5.83. The first kappa shape index (κ1) is 14.2. The van der Waals surface area contributed by atoms with Crippen molar-refractivity contribution in [1.82, 2.24) is 0 Å². The number of thiophene rings is 1. The van der Waals surface area contributed by atoms with Crippen molar-refractivity contribution < 1.29 is 13.9 Å². The van der Waals surface area contributed by atoms with Crippen molar-refractivity contribution in [3.63, 3.8) is 0 Å². The summed E-state index contributed by atoms with van der Waals surface area (Å²) in [6, 6.07) is 5.94. The van der Waals surface area contributed by atoms with E-state index in [4.69, 9.17) is 4.74 Å². The molecule has 0 saturated carbocycles. The summed E-state index contributed by atoms with van der Waals surface area (Å²) in [4.78, 5) is 12.0. The average molecular weight is 292 g/mol. The van der Waals surface area contributed by atoms with E-state index in [2.05, 4.69) is 10.5 Å². The molecule has 1 heterocycles. The zero-order valence-corrected chi connectivity index (χ0v) is 11.8. The summed E-state index contributed by atoms with van der Waals surface area (Å²) < 4.78 is 17.5. The van der Waals surface area contributed by atoms with Crippen LogP contribution >= 0.6 is 11.3 Å². The maximum absolute atomic E-state index is 12.8. The molecule has 0 saturated heterocycles. The highest BCUT2D eigenvalue weighted by Crippen LogP contribution is 2.28. The lowest BCUT2D eigenvalue weighted by Gasteiger charge is -2.03. The van der Waals surface area contributed by atoms with Crippen LogP contribution in [0.15, 0.2) is 34.7 Å². The lowest BCUT2D eigenvalue weighted by atomic mass is 10.2. The summed E-state index contributed by atoms with van der Waals surface area (Å²) in [6.07, 6.45) is 1.55. The van der Waals surface area contributed by atoms with E-state index < -0.39 is 5.97 Å². The molecule has 0 spiro atoms. The molecule has 0 unspecified atom stereocenters. The quantitative estimate of drug-likeness (QED) is 0.533. The molecule has 20 heavy (non-hydrogen) atoms. The molecule has 0 aliphatic carbocycles. The summed E-state index contributed by atoms with van der Waals surface area (Å²) in [6.45, 7) is 1.87. The number of ether oxygens (including phenoxy) is 1. The molecule has 0 radical (unpaired) electrons. The largest absolute Gasteiger partial charge is 0.465 e. The molecule has 104 valence electrons. The van der Waals surface area contributed by atoms with Crippen LogP contribution in [0.25, 0.3) is 0 Å². The SMILES string of the molecule is COC(=O)c1scc(C)c1N/N=C\c1ccc(F)cc1. The number of methoxy groups -OCH3 is 1. The number of nitrogens with one attached hydrogen (secondary N) is 1. The minimum atomic E-state index is -0.400. The highest BCUT2D eigenvalue weighted by molar-refractivity contribution is 7.12. The van der Waals surface area contributed by atoms with E-state index in [9.17, 15) is 9.18 Å². The molecule has 0 atom stereocenters. The summed E-state index contributed by atoms with van der Waals surface area (Å²) >= 11 is 1.30. The van der Waals surface area contributed by atoms with Crippen molar-refractivity contribution in [2.24, 2.45) is 5.10 Å². The average Bonchev–Trinajstić information content (AvgIpc) is 2.82. The second-order valence-corrected chi connectivity index (χ2v) is 4.92. The number of rotatable bonds is 4. The van der Waals surface area contributed by atoms with Crippen LogP contribution in [0.1, 0.15) is 20.8 Å². The van der Waals surface area contributed by atoms with Crippen LogP contribution in [0.4, 0.5) is 10.1 Å². The van der Waals surface area contributed by atoms with Gasteiger partial charge in [0, 0.05) is 0 Å².